The summed E-state index contributed by atoms with van der Waals surface area (Å²) in [5.41, 5.74) is 0.774. The molecule has 1 N–H and O–H groups in total. The van der Waals surface area contributed by atoms with E-state index in [4.69, 9.17) is 23.2 Å². The standard InChI is InChI=1S/C13H15Cl2N3O2.C2H6/c1-17(2)6-10-16-12-7(4-11(19)18(10)3)8(14)5-9(15)13(12)20;1-2/h5,20H,4,6H2,1-3H3;1-2H3. The highest BCUT2D eigenvalue weighted by Gasteiger charge is 2.26. The van der Waals surface area contributed by atoms with Crippen molar-refractivity contribution in [2.45, 2.75) is 20.3 Å². The number of aromatic hydroxyl groups is 1. The third-order valence-corrected chi connectivity index (χ3v) is 3.69. The van der Waals surface area contributed by atoms with E-state index >= 15 is 0 Å². The second-order valence-corrected chi connectivity index (χ2v) is 5.73. The lowest BCUT2D eigenvalue weighted by molar-refractivity contribution is -0.125. The molecule has 0 aromatic heterocycles. The van der Waals surface area contributed by atoms with Crippen molar-refractivity contribution >= 4 is 40.6 Å². The van der Waals surface area contributed by atoms with Crippen molar-refractivity contribution in [3.8, 4) is 5.75 Å². The number of nitrogens with zero attached hydrogens (tertiary/aromatic N) is 3. The van der Waals surface area contributed by atoms with Gasteiger partial charge in [-0.2, -0.15) is 0 Å². The normalized spacial score (nSPS) is 14.1. The highest BCUT2D eigenvalue weighted by Crippen LogP contribution is 2.42. The summed E-state index contributed by atoms with van der Waals surface area (Å²) in [6.45, 7) is 4.46. The van der Waals surface area contributed by atoms with Crippen LogP contribution in [-0.4, -0.2) is 54.3 Å². The molecule has 0 radical (unpaired) electrons. The van der Waals surface area contributed by atoms with E-state index in [1.165, 1.54) is 11.0 Å². The molecule has 22 heavy (non-hydrogen) atoms. The Morgan fingerprint density at radius 3 is 2.45 bits per heavy atom. The highest BCUT2D eigenvalue weighted by molar-refractivity contribution is 6.37. The maximum absolute atomic E-state index is 12.2. The second-order valence-electron chi connectivity index (χ2n) is 4.91. The summed E-state index contributed by atoms with van der Waals surface area (Å²) in [5, 5.41) is 10.5. The molecule has 0 spiro atoms. The van der Waals surface area contributed by atoms with Gasteiger partial charge in [-0.25, -0.2) is 4.99 Å². The minimum absolute atomic E-state index is 0.0792. The van der Waals surface area contributed by atoms with Crippen molar-refractivity contribution in [2.75, 3.05) is 27.7 Å². The summed E-state index contributed by atoms with van der Waals surface area (Å²) < 4.78 is 0. The van der Waals surface area contributed by atoms with Gasteiger partial charge in [-0.3, -0.25) is 4.79 Å². The molecule has 0 unspecified atom stereocenters. The molecular weight excluding hydrogens is 325 g/mol. The van der Waals surface area contributed by atoms with Gasteiger partial charge in [0, 0.05) is 17.6 Å². The third kappa shape index (κ3) is 3.91. The van der Waals surface area contributed by atoms with Crippen molar-refractivity contribution in [3.63, 3.8) is 0 Å². The van der Waals surface area contributed by atoms with Gasteiger partial charge in [0.05, 0.1) is 18.0 Å². The predicted octanol–water partition coefficient (Wildman–Crippen LogP) is 3.33. The van der Waals surface area contributed by atoms with Crippen molar-refractivity contribution < 1.29 is 9.90 Å². The quantitative estimate of drug-likeness (QED) is 0.894. The lowest BCUT2D eigenvalue weighted by Gasteiger charge is -2.20. The Hall–Kier alpha value is -1.30. The van der Waals surface area contributed by atoms with E-state index in [1.807, 2.05) is 32.8 Å². The van der Waals surface area contributed by atoms with Gasteiger partial charge in [-0.15, -0.1) is 0 Å². The number of phenols is 1. The predicted molar refractivity (Wildman–Crippen MR) is 91.6 cm³/mol. The van der Waals surface area contributed by atoms with Crippen LogP contribution >= 0.6 is 23.2 Å². The monoisotopic (exact) mass is 345 g/mol. The maximum atomic E-state index is 12.2. The Kier molecular flexibility index (Phi) is 6.66. The van der Waals surface area contributed by atoms with Gasteiger partial charge < -0.3 is 14.9 Å². The number of hydrogen-bond acceptors (Lipinski definition) is 4. The summed E-state index contributed by atoms with van der Waals surface area (Å²) in [5.74, 6) is 0.255. The number of benzene rings is 1. The molecule has 7 heteroatoms. The largest absolute Gasteiger partial charge is 0.504 e. The highest BCUT2D eigenvalue weighted by atomic mass is 35.5. The van der Waals surface area contributed by atoms with E-state index in [0.717, 1.165) is 0 Å². The summed E-state index contributed by atoms with van der Waals surface area (Å²) in [7, 11) is 5.40. The van der Waals surface area contributed by atoms with Crippen molar-refractivity contribution in [2.24, 2.45) is 4.99 Å². The number of rotatable bonds is 2. The molecule has 1 aromatic rings. The summed E-state index contributed by atoms with van der Waals surface area (Å²) in [4.78, 5) is 19.9. The number of likely N-dealkylation sites (N-methyl/N-ethyl adjacent to an activating group) is 2. The van der Waals surface area contributed by atoms with E-state index in [9.17, 15) is 9.90 Å². The van der Waals surface area contributed by atoms with E-state index in [0.29, 0.717) is 23.0 Å². The molecule has 0 fully saturated rings. The molecule has 0 atom stereocenters. The molecular formula is C15H21Cl2N3O2. The number of halogens is 2. The van der Waals surface area contributed by atoms with Crippen LogP contribution in [0.3, 0.4) is 0 Å². The number of hydrogen-bond donors (Lipinski definition) is 1. The maximum Gasteiger partial charge on any atom is 0.232 e. The molecule has 122 valence electrons. The molecule has 1 aliphatic heterocycles. The Morgan fingerprint density at radius 1 is 1.32 bits per heavy atom. The molecule has 0 bridgehead atoms. The summed E-state index contributed by atoms with van der Waals surface area (Å²) >= 11 is 12.0. The fourth-order valence-corrected chi connectivity index (χ4v) is 2.49. The van der Waals surface area contributed by atoms with Gasteiger partial charge in [-0.05, 0) is 20.2 Å². The molecule has 5 nitrogen and oxygen atoms in total. The SMILES string of the molecule is CC.CN(C)CC1=Nc2c(O)c(Cl)cc(Cl)c2CC(=O)N1C. The van der Waals surface area contributed by atoms with Gasteiger partial charge in [0.2, 0.25) is 5.91 Å². The molecule has 1 aliphatic rings. The Balaban J connectivity index is 0.00000116. The first-order valence-electron chi connectivity index (χ1n) is 7.00. The fourth-order valence-electron chi connectivity index (χ4n) is 1.97. The van der Waals surface area contributed by atoms with Crippen LogP contribution < -0.4 is 0 Å². The molecule has 1 heterocycles. The second kappa shape index (κ2) is 7.81. The molecule has 0 saturated heterocycles. The van der Waals surface area contributed by atoms with E-state index < -0.39 is 0 Å². The molecule has 2 rings (SSSR count). The number of amidine groups is 1. The summed E-state index contributed by atoms with van der Waals surface area (Å²) in [6.07, 6.45) is 0.0792. The van der Waals surface area contributed by atoms with Crippen LogP contribution in [0.1, 0.15) is 19.4 Å². The van der Waals surface area contributed by atoms with Gasteiger partial charge in [0.15, 0.2) is 5.75 Å². The first-order valence-corrected chi connectivity index (χ1v) is 7.75. The van der Waals surface area contributed by atoms with E-state index in [1.54, 1.807) is 7.05 Å². The molecule has 1 amide bonds. The number of aliphatic imine (C=N–C) groups is 1. The number of fused-ring (bicyclic) bond motifs is 1. The zero-order valence-corrected chi connectivity index (χ0v) is 15.0. The number of carbonyl (C=O) groups is 1. The van der Waals surface area contributed by atoms with Crippen LogP contribution in [0, 0.1) is 0 Å². The minimum Gasteiger partial charge on any atom is -0.504 e. The zero-order valence-electron chi connectivity index (χ0n) is 13.4. The lowest BCUT2D eigenvalue weighted by atomic mass is 10.1. The number of phenolic OH excluding ortho intramolecular Hbond substituents is 1. The van der Waals surface area contributed by atoms with E-state index in [-0.39, 0.29) is 28.8 Å². The molecule has 0 saturated carbocycles. The van der Waals surface area contributed by atoms with Crippen LogP contribution in [-0.2, 0) is 11.2 Å². The Labute approximate surface area is 141 Å². The first kappa shape index (κ1) is 18.7. The van der Waals surface area contributed by atoms with E-state index in [2.05, 4.69) is 4.99 Å². The smallest absolute Gasteiger partial charge is 0.232 e. The fraction of sp³-hybridized carbons (Fsp3) is 0.467. The Morgan fingerprint density at radius 2 is 1.91 bits per heavy atom. The van der Waals surface area contributed by atoms with Crippen LogP contribution in [0.25, 0.3) is 0 Å². The Bertz CT molecular complexity index is 601. The first-order chi connectivity index (χ1) is 10.3. The topological polar surface area (TPSA) is 56.1 Å². The van der Waals surface area contributed by atoms with Crippen molar-refractivity contribution in [3.05, 3.63) is 21.7 Å². The number of amides is 1. The van der Waals surface area contributed by atoms with Gasteiger partial charge in [0.25, 0.3) is 0 Å². The third-order valence-electron chi connectivity index (χ3n) is 3.07. The zero-order chi connectivity index (χ0) is 17.0. The van der Waals surface area contributed by atoms with Crippen LogP contribution in [0.15, 0.2) is 11.1 Å². The average molecular weight is 346 g/mol. The summed E-state index contributed by atoms with van der Waals surface area (Å²) in [6, 6.07) is 1.43. The van der Waals surface area contributed by atoms with Gasteiger partial charge in [0.1, 0.15) is 11.5 Å². The van der Waals surface area contributed by atoms with Crippen molar-refractivity contribution in [1.29, 1.82) is 0 Å². The van der Waals surface area contributed by atoms with Crippen molar-refractivity contribution in [1.82, 2.24) is 9.80 Å². The number of carbonyl (C=O) groups excluding carboxylic acids is 1. The molecule has 1 aromatic carbocycles. The van der Waals surface area contributed by atoms with Crippen LogP contribution in [0.5, 0.6) is 5.75 Å². The minimum atomic E-state index is -0.148. The van der Waals surface area contributed by atoms with Crippen LogP contribution in [0.4, 0.5) is 5.69 Å². The van der Waals surface area contributed by atoms with Crippen LogP contribution in [0.2, 0.25) is 10.0 Å². The average Bonchev–Trinajstić information content (AvgIpc) is 2.58. The molecule has 0 aliphatic carbocycles. The van der Waals surface area contributed by atoms with Gasteiger partial charge >= 0.3 is 0 Å². The van der Waals surface area contributed by atoms with Gasteiger partial charge in [-0.1, -0.05) is 37.0 Å². The lowest BCUT2D eigenvalue weighted by Crippen LogP contribution is -2.39.